The van der Waals surface area contributed by atoms with Gasteiger partial charge in [0, 0.05) is 31.1 Å². The fraction of sp³-hybridized carbons (Fsp3) is 0.500. The van der Waals surface area contributed by atoms with Crippen molar-refractivity contribution in [2.75, 3.05) is 20.2 Å². The first-order valence-electron chi connectivity index (χ1n) is 7.41. The number of carbonyl (C=O) groups excluding carboxylic acids is 1. The third-order valence-corrected chi connectivity index (χ3v) is 3.18. The lowest BCUT2D eigenvalue weighted by molar-refractivity contribution is 0.0789. The molecule has 1 aromatic carbocycles. The number of aliphatic hydroxyl groups excluding tert-OH is 1. The molecule has 0 aromatic heterocycles. The van der Waals surface area contributed by atoms with Crippen molar-refractivity contribution in [2.24, 2.45) is 5.92 Å². The summed E-state index contributed by atoms with van der Waals surface area (Å²) in [7, 11) is 1.84. The van der Waals surface area contributed by atoms with Crippen LogP contribution < -0.4 is 0 Å². The Hall–Kier alpha value is -1.79. The number of aliphatic hydroxyl groups is 1. The van der Waals surface area contributed by atoms with E-state index in [1.807, 2.05) is 32.2 Å². The van der Waals surface area contributed by atoms with Gasteiger partial charge in [-0.05, 0) is 43.0 Å². The molecule has 0 heterocycles. The SMILES string of the molecule is Cc1cc(C#CCCO)cc(C(=O)N(C)CCC(C)C)c1. The minimum atomic E-state index is 0.0320. The first-order valence-corrected chi connectivity index (χ1v) is 7.41. The monoisotopic (exact) mass is 287 g/mol. The highest BCUT2D eigenvalue weighted by atomic mass is 16.2. The topological polar surface area (TPSA) is 40.5 Å². The van der Waals surface area contributed by atoms with Gasteiger partial charge in [0.1, 0.15) is 0 Å². The largest absolute Gasteiger partial charge is 0.395 e. The Morgan fingerprint density at radius 1 is 1.33 bits per heavy atom. The summed E-state index contributed by atoms with van der Waals surface area (Å²) in [5.74, 6) is 6.49. The van der Waals surface area contributed by atoms with Gasteiger partial charge in [0.05, 0.1) is 6.61 Å². The fourth-order valence-electron chi connectivity index (χ4n) is 1.97. The maximum absolute atomic E-state index is 12.4. The summed E-state index contributed by atoms with van der Waals surface area (Å²) in [6.45, 7) is 7.08. The molecular weight excluding hydrogens is 262 g/mol. The van der Waals surface area contributed by atoms with Crippen LogP contribution in [0.5, 0.6) is 0 Å². The molecule has 0 spiro atoms. The highest BCUT2D eigenvalue weighted by Gasteiger charge is 2.12. The average molecular weight is 287 g/mol. The minimum absolute atomic E-state index is 0.0320. The van der Waals surface area contributed by atoms with Crippen LogP contribution in [0.3, 0.4) is 0 Å². The zero-order valence-electron chi connectivity index (χ0n) is 13.4. The van der Waals surface area contributed by atoms with Gasteiger partial charge >= 0.3 is 0 Å². The molecule has 0 unspecified atom stereocenters. The van der Waals surface area contributed by atoms with Crippen LogP contribution in [0.25, 0.3) is 0 Å². The van der Waals surface area contributed by atoms with E-state index in [0.29, 0.717) is 17.9 Å². The van der Waals surface area contributed by atoms with Gasteiger partial charge in [0.2, 0.25) is 0 Å². The summed E-state index contributed by atoms with van der Waals surface area (Å²) >= 11 is 0. The minimum Gasteiger partial charge on any atom is -0.395 e. The van der Waals surface area contributed by atoms with Gasteiger partial charge < -0.3 is 10.0 Å². The van der Waals surface area contributed by atoms with Crippen LogP contribution in [0.2, 0.25) is 0 Å². The number of benzene rings is 1. The summed E-state index contributed by atoms with van der Waals surface area (Å²) in [6, 6.07) is 5.67. The van der Waals surface area contributed by atoms with Gasteiger partial charge in [-0.3, -0.25) is 4.79 Å². The van der Waals surface area contributed by atoms with E-state index in [1.165, 1.54) is 0 Å². The summed E-state index contributed by atoms with van der Waals surface area (Å²) in [4.78, 5) is 14.2. The van der Waals surface area contributed by atoms with Crippen LogP contribution in [0.4, 0.5) is 0 Å². The van der Waals surface area contributed by atoms with Crippen LogP contribution in [-0.4, -0.2) is 36.1 Å². The molecule has 0 saturated heterocycles. The molecule has 0 aliphatic carbocycles. The molecule has 1 rings (SSSR count). The van der Waals surface area contributed by atoms with Crippen LogP contribution >= 0.6 is 0 Å². The first kappa shape index (κ1) is 17.3. The Balaban J connectivity index is 2.87. The maximum Gasteiger partial charge on any atom is 0.253 e. The third-order valence-electron chi connectivity index (χ3n) is 3.18. The van der Waals surface area contributed by atoms with E-state index in [-0.39, 0.29) is 12.5 Å². The van der Waals surface area contributed by atoms with E-state index < -0.39 is 0 Å². The normalized spacial score (nSPS) is 10.2. The molecule has 114 valence electrons. The van der Waals surface area contributed by atoms with Gasteiger partial charge in [-0.2, -0.15) is 0 Å². The van der Waals surface area contributed by atoms with E-state index in [4.69, 9.17) is 5.11 Å². The summed E-state index contributed by atoms with van der Waals surface area (Å²) in [6.07, 6.45) is 1.45. The highest BCUT2D eigenvalue weighted by molar-refractivity contribution is 5.94. The molecule has 3 nitrogen and oxygen atoms in total. The number of nitrogens with zero attached hydrogens (tertiary/aromatic N) is 1. The lowest BCUT2D eigenvalue weighted by Crippen LogP contribution is -2.28. The van der Waals surface area contributed by atoms with Crippen molar-refractivity contribution in [1.29, 1.82) is 0 Å². The number of aryl methyl sites for hydroxylation is 1. The molecule has 0 aliphatic heterocycles. The Kier molecular flexibility index (Phi) is 6.98. The molecule has 1 aromatic rings. The van der Waals surface area contributed by atoms with Crippen LogP contribution in [0.1, 0.15) is 48.2 Å². The first-order chi connectivity index (χ1) is 9.93. The average Bonchev–Trinajstić information content (AvgIpc) is 2.43. The van der Waals surface area contributed by atoms with E-state index >= 15 is 0 Å². The highest BCUT2D eigenvalue weighted by Crippen LogP contribution is 2.12. The molecule has 21 heavy (non-hydrogen) atoms. The number of amides is 1. The molecule has 0 atom stereocenters. The number of carbonyl (C=O) groups is 1. The van der Waals surface area contributed by atoms with Crippen molar-refractivity contribution in [2.45, 2.75) is 33.6 Å². The molecule has 0 saturated carbocycles. The zero-order valence-corrected chi connectivity index (χ0v) is 13.4. The zero-order chi connectivity index (χ0) is 15.8. The van der Waals surface area contributed by atoms with Gasteiger partial charge in [0.25, 0.3) is 5.91 Å². The number of hydrogen-bond donors (Lipinski definition) is 1. The quantitative estimate of drug-likeness (QED) is 0.846. The molecule has 0 bridgehead atoms. The second-order valence-corrected chi connectivity index (χ2v) is 5.77. The lowest BCUT2D eigenvalue weighted by atomic mass is 10.0. The van der Waals surface area contributed by atoms with E-state index in [1.54, 1.807) is 4.90 Å². The lowest BCUT2D eigenvalue weighted by Gasteiger charge is -2.18. The van der Waals surface area contributed by atoms with Crippen LogP contribution in [-0.2, 0) is 0 Å². The standard InChI is InChI=1S/C18H25NO2/c1-14(2)8-9-19(4)18(21)17-12-15(3)11-16(13-17)7-5-6-10-20/h11-14,20H,6,8-10H2,1-4H3. The summed E-state index contributed by atoms with van der Waals surface area (Å²) in [5.41, 5.74) is 2.52. The van der Waals surface area contributed by atoms with E-state index in [2.05, 4.69) is 25.7 Å². The van der Waals surface area contributed by atoms with Crippen LogP contribution in [0.15, 0.2) is 18.2 Å². The molecule has 0 radical (unpaired) electrons. The van der Waals surface area contributed by atoms with Crippen molar-refractivity contribution in [3.63, 3.8) is 0 Å². The molecule has 3 heteroatoms. The van der Waals surface area contributed by atoms with Crippen molar-refractivity contribution >= 4 is 5.91 Å². The van der Waals surface area contributed by atoms with Gasteiger partial charge in [0.15, 0.2) is 0 Å². The van der Waals surface area contributed by atoms with E-state index in [0.717, 1.165) is 24.1 Å². The van der Waals surface area contributed by atoms with Crippen molar-refractivity contribution in [3.8, 4) is 11.8 Å². The predicted molar refractivity (Wildman–Crippen MR) is 86.2 cm³/mol. The third kappa shape index (κ3) is 6.01. The Morgan fingerprint density at radius 3 is 2.67 bits per heavy atom. The van der Waals surface area contributed by atoms with Gasteiger partial charge in [-0.25, -0.2) is 0 Å². The van der Waals surface area contributed by atoms with Crippen molar-refractivity contribution in [3.05, 3.63) is 34.9 Å². The molecule has 1 N–H and O–H groups in total. The van der Waals surface area contributed by atoms with Crippen molar-refractivity contribution in [1.82, 2.24) is 4.90 Å². The molecule has 0 fully saturated rings. The predicted octanol–water partition coefficient (Wildman–Crippen LogP) is 2.85. The molecule has 0 aliphatic rings. The van der Waals surface area contributed by atoms with Gasteiger partial charge in [-0.15, -0.1) is 0 Å². The van der Waals surface area contributed by atoms with Crippen LogP contribution in [0, 0.1) is 24.7 Å². The molecule has 1 amide bonds. The Bertz CT molecular complexity index is 538. The second kappa shape index (κ2) is 8.49. The number of hydrogen-bond acceptors (Lipinski definition) is 2. The second-order valence-electron chi connectivity index (χ2n) is 5.77. The summed E-state index contributed by atoms with van der Waals surface area (Å²) < 4.78 is 0. The summed E-state index contributed by atoms with van der Waals surface area (Å²) in [5, 5.41) is 8.75. The van der Waals surface area contributed by atoms with Gasteiger partial charge in [-0.1, -0.05) is 25.7 Å². The molecular formula is C18H25NO2. The Morgan fingerprint density at radius 2 is 2.05 bits per heavy atom. The van der Waals surface area contributed by atoms with E-state index in [9.17, 15) is 4.79 Å². The Labute approximate surface area is 128 Å². The van der Waals surface area contributed by atoms with Crippen molar-refractivity contribution < 1.29 is 9.90 Å². The maximum atomic E-state index is 12.4. The number of rotatable bonds is 5. The smallest absolute Gasteiger partial charge is 0.253 e. The fourth-order valence-corrected chi connectivity index (χ4v) is 1.97.